The van der Waals surface area contributed by atoms with Gasteiger partial charge in [-0.1, -0.05) is 48.0 Å². The Hall–Kier alpha value is -2.91. The molecule has 1 aliphatic carbocycles. The summed E-state index contributed by atoms with van der Waals surface area (Å²) in [5.41, 5.74) is 8.17. The first-order valence-electron chi connectivity index (χ1n) is 9.26. The largest absolute Gasteiger partial charge is 0.497 e. The summed E-state index contributed by atoms with van der Waals surface area (Å²) in [5.74, 6) is 1.70. The normalized spacial score (nSPS) is 14.8. The third-order valence-electron chi connectivity index (χ3n) is 5.73. The maximum Gasteiger partial charge on any atom is 0.127 e. The van der Waals surface area contributed by atoms with Gasteiger partial charge in [-0.05, 0) is 41.3 Å². The minimum absolute atomic E-state index is 0.0688. The minimum Gasteiger partial charge on any atom is -0.497 e. The van der Waals surface area contributed by atoms with E-state index in [9.17, 15) is 0 Å². The van der Waals surface area contributed by atoms with Crippen LogP contribution < -0.4 is 9.47 Å². The summed E-state index contributed by atoms with van der Waals surface area (Å²) in [6, 6.07) is 18.7. The first-order chi connectivity index (χ1) is 13.6. The van der Waals surface area contributed by atoms with E-state index in [4.69, 9.17) is 21.1 Å². The molecule has 4 heteroatoms. The number of H-pyrrole nitrogens is 1. The van der Waals surface area contributed by atoms with Crippen molar-refractivity contribution in [1.29, 1.82) is 0 Å². The number of nitrogens with one attached hydrogen (secondary N) is 1. The smallest absolute Gasteiger partial charge is 0.127 e. The van der Waals surface area contributed by atoms with E-state index in [0.717, 1.165) is 38.7 Å². The standard InChI is InChI=1S/C24H20ClNO2/c1-13-21(17-9-6-10-19(25)24(17)26-13)23-16-8-5-4-7-15(16)18-11-14(27-2)12-20(28-3)22(18)23/h4-12,23,26H,1-3H3/t23-/m0/s1. The molecular formula is C24H20ClNO2. The average molecular weight is 390 g/mol. The number of benzene rings is 3. The number of hydrogen-bond donors (Lipinski definition) is 1. The van der Waals surface area contributed by atoms with Crippen LogP contribution in [0.1, 0.15) is 28.3 Å². The number of para-hydroxylation sites is 1. The summed E-state index contributed by atoms with van der Waals surface area (Å²) in [6.07, 6.45) is 0. The highest BCUT2D eigenvalue weighted by Crippen LogP contribution is 2.54. The fourth-order valence-electron chi connectivity index (χ4n) is 4.56. The lowest BCUT2D eigenvalue weighted by molar-refractivity contribution is 0.391. The highest BCUT2D eigenvalue weighted by Gasteiger charge is 2.35. The first kappa shape index (κ1) is 17.2. The quantitative estimate of drug-likeness (QED) is 0.392. The number of methoxy groups -OCH3 is 2. The van der Waals surface area contributed by atoms with Gasteiger partial charge >= 0.3 is 0 Å². The molecule has 5 rings (SSSR count). The molecule has 28 heavy (non-hydrogen) atoms. The molecule has 140 valence electrons. The van der Waals surface area contributed by atoms with Crippen LogP contribution in [0.3, 0.4) is 0 Å². The highest BCUT2D eigenvalue weighted by atomic mass is 35.5. The van der Waals surface area contributed by atoms with Gasteiger partial charge in [0.25, 0.3) is 0 Å². The van der Waals surface area contributed by atoms with Crippen LogP contribution in [0.4, 0.5) is 0 Å². The predicted octanol–water partition coefficient (Wildman–Crippen LogP) is 6.31. The molecule has 0 radical (unpaired) electrons. The topological polar surface area (TPSA) is 34.2 Å². The van der Waals surface area contributed by atoms with Gasteiger partial charge in [0.05, 0.1) is 24.8 Å². The Morgan fingerprint density at radius 2 is 1.71 bits per heavy atom. The summed E-state index contributed by atoms with van der Waals surface area (Å²) >= 11 is 6.48. The van der Waals surface area contributed by atoms with Crippen LogP contribution in [0.2, 0.25) is 5.02 Å². The van der Waals surface area contributed by atoms with Crippen molar-refractivity contribution in [2.24, 2.45) is 0 Å². The molecule has 1 aliphatic rings. The van der Waals surface area contributed by atoms with E-state index in [0.29, 0.717) is 0 Å². The molecule has 1 atom stereocenters. The zero-order valence-corrected chi connectivity index (χ0v) is 16.7. The molecule has 0 bridgehead atoms. The lowest BCUT2D eigenvalue weighted by atomic mass is 9.87. The number of fused-ring (bicyclic) bond motifs is 4. The second-order valence-corrected chi connectivity index (χ2v) is 7.54. The zero-order chi connectivity index (χ0) is 19.4. The van der Waals surface area contributed by atoms with E-state index in [2.05, 4.69) is 48.3 Å². The van der Waals surface area contributed by atoms with Crippen LogP contribution in [0.15, 0.2) is 54.6 Å². The van der Waals surface area contributed by atoms with E-state index >= 15 is 0 Å². The Labute approximate surface area is 168 Å². The molecule has 0 amide bonds. The fraction of sp³-hybridized carbons (Fsp3) is 0.167. The van der Waals surface area contributed by atoms with Crippen LogP contribution in [-0.4, -0.2) is 19.2 Å². The van der Waals surface area contributed by atoms with Gasteiger partial charge in [-0.2, -0.15) is 0 Å². The van der Waals surface area contributed by atoms with Crippen molar-refractivity contribution in [2.45, 2.75) is 12.8 Å². The van der Waals surface area contributed by atoms with E-state index in [1.807, 2.05) is 18.2 Å². The van der Waals surface area contributed by atoms with Crippen molar-refractivity contribution in [1.82, 2.24) is 4.98 Å². The van der Waals surface area contributed by atoms with E-state index in [1.54, 1.807) is 14.2 Å². The Kier molecular flexibility index (Phi) is 3.88. The number of rotatable bonds is 3. The molecule has 0 fully saturated rings. The average Bonchev–Trinajstić information content (AvgIpc) is 3.22. The molecule has 0 spiro atoms. The number of hydrogen-bond acceptors (Lipinski definition) is 2. The molecule has 3 nitrogen and oxygen atoms in total. The summed E-state index contributed by atoms with van der Waals surface area (Å²) < 4.78 is 11.3. The minimum atomic E-state index is 0.0688. The molecule has 0 aliphatic heterocycles. The van der Waals surface area contributed by atoms with E-state index in [-0.39, 0.29) is 5.92 Å². The molecular weight excluding hydrogens is 370 g/mol. The molecule has 0 saturated heterocycles. The van der Waals surface area contributed by atoms with Gasteiger partial charge in [0.1, 0.15) is 11.5 Å². The third-order valence-corrected chi connectivity index (χ3v) is 6.05. The zero-order valence-electron chi connectivity index (χ0n) is 16.0. The second kappa shape index (κ2) is 6.32. The lowest BCUT2D eigenvalue weighted by Gasteiger charge is -2.18. The van der Waals surface area contributed by atoms with Crippen molar-refractivity contribution in [3.63, 3.8) is 0 Å². The number of aryl methyl sites for hydroxylation is 1. The van der Waals surface area contributed by atoms with Gasteiger partial charge in [0.2, 0.25) is 0 Å². The van der Waals surface area contributed by atoms with Crippen molar-refractivity contribution in [3.8, 4) is 22.6 Å². The van der Waals surface area contributed by atoms with Crippen LogP contribution in [-0.2, 0) is 0 Å². The van der Waals surface area contributed by atoms with Crippen LogP contribution >= 0.6 is 11.6 Å². The summed E-state index contributed by atoms with van der Waals surface area (Å²) in [4.78, 5) is 3.50. The third kappa shape index (κ3) is 2.29. The van der Waals surface area contributed by atoms with Gasteiger partial charge in [-0.25, -0.2) is 0 Å². The summed E-state index contributed by atoms with van der Waals surface area (Å²) in [6.45, 7) is 2.11. The number of aromatic amines is 1. The molecule has 0 saturated carbocycles. The van der Waals surface area contributed by atoms with Crippen molar-refractivity contribution < 1.29 is 9.47 Å². The van der Waals surface area contributed by atoms with Crippen molar-refractivity contribution in [3.05, 3.63) is 82.0 Å². The van der Waals surface area contributed by atoms with Gasteiger partial charge in [0, 0.05) is 28.6 Å². The van der Waals surface area contributed by atoms with Gasteiger partial charge in [-0.3, -0.25) is 0 Å². The van der Waals surface area contributed by atoms with Crippen LogP contribution in [0, 0.1) is 6.92 Å². The van der Waals surface area contributed by atoms with Crippen molar-refractivity contribution in [2.75, 3.05) is 14.2 Å². The number of aromatic nitrogens is 1. The molecule has 0 unspecified atom stereocenters. The monoisotopic (exact) mass is 389 g/mol. The fourth-order valence-corrected chi connectivity index (χ4v) is 4.78. The molecule has 1 N–H and O–H groups in total. The lowest BCUT2D eigenvalue weighted by Crippen LogP contribution is -2.03. The van der Waals surface area contributed by atoms with Crippen LogP contribution in [0.5, 0.6) is 11.5 Å². The predicted molar refractivity (Wildman–Crippen MR) is 114 cm³/mol. The SMILES string of the molecule is COc1cc(OC)c2c(c1)-c1ccccc1[C@H]2c1c(C)[nH]c2c(Cl)cccc12. The van der Waals surface area contributed by atoms with Gasteiger partial charge in [-0.15, -0.1) is 0 Å². The Morgan fingerprint density at radius 3 is 2.50 bits per heavy atom. The van der Waals surface area contributed by atoms with Gasteiger partial charge in [0.15, 0.2) is 0 Å². The van der Waals surface area contributed by atoms with Crippen molar-refractivity contribution >= 4 is 22.5 Å². The Balaban J connectivity index is 1.88. The highest BCUT2D eigenvalue weighted by molar-refractivity contribution is 6.35. The van der Waals surface area contributed by atoms with E-state index < -0.39 is 0 Å². The van der Waals surface area contributed by atoms with E-state index in [1.165, 1.54) is 22.3 Å². The first-order valence-corrected chi connectivity index (χ1v) is 9.63. The number of ether oxygens (including phenoxy) is 2. The second-order valence-electron chi connectivity index (χ2n) is 7.14. The number of halogens is 1. The molecule has 1 heterocycles. The van der Waals surface area contributed by atoms with Crippen LogP contribution in [0.25, 0.3) is 22.0 Å². The Bertz CT molecular complexity index is 1220. The molecule has 4 aromatic rings. The summed E-state index contributed by atoms with van der Waals surface area (Å²) in [7, 11) is 3.40. The molecule has 3 aromatic carbocycles. The summed E-state index contributed by atoms with van der Waals surface area (Å²) in [5, 5.41) is 1.88. The molecule has 1 aromatic heterocycles. The van der Waals surface area contributed by atoms with Gasteiger partial charge < -0.3 is 14.5 Å². The maximum atomic E-state index is 6.48. The maximum absolute atomic E-state index is 6.48. The Morgan fingerprint density at radius 1 is 0.893 bits per heavy atom.